The Bertz CT molecular complexity index is 3120. The number of thiophene rings is 2. The summed E-state index contributed by atoms with van der Waals surface area (Å²) in [7, 11) is 0. The maximum absolute atomic E-state index is 2.42. The van der Waals surface area contributed by atoms with Crippen LogP contribution in [0.2, 0.25) is 0 Å². The quantitative estimate of drug-likeness (QED) is 0.135. The summed E-state index contributed by atoms with van der Waals surface area (Å²) in [4.78, 5) is 7.51. The fourth-order valence-electron chi connectivity index (χ4n) is 10.1. The minimum absolute atomic E-state index is 1.12. The van der Waals surface area contributed by atoms with Crippen LogP contribution in [0, 0.1) is 41.5 Å². The third-order valence-electron chi connectivity index (χ3n) is 13.6. The van der Waals surface area contributed by atoms with Crippen LogP contribution in [0.3, 0.4) is 0 Å². The smallest absolute Gasteiger partial charge is 0.0462 e. The zero-order chi connectivity index (χ0) is 45.8. The van der Waals surface area contributed by atoms with Crippen LogP contribution in [-0.4, -0.2) is 0 Å². The second-order valence-electron chi connectivity index (χ2n) is 18.4. The number of hydrogen-bond donors (Lipinski definition) is 0. The van der Waals surface area contributed by atoms with E-state index in [1.165, 1.54) is 92.0 Å². The summed E-state index contributed by atoms with van der Waals surface area (Å²) in [5, 5.41) is 2.77. The Balaban J connectivity index is 0.886. The number of fused-ring (bicyclic) bond motifs is 2. The highest BCUT2D eigenvalue weighted by molar-refractivity contribution is 7.19. The predicted octanol–water partition coefficient (Wildman–Crippen LogP) is 19.3. The molecule has 2 nitrogen and oxygen atoms in total. The zero-order valence-electron chi connectivity index (χ0n) is 39.2. The van der Waals surface area contributed by atoms with Gasteiger partial charge < -0.3 is 9.80 Å². The highest BCUT2D eigenvalue weighted by Crippen LogP contribution is 2.50. The molecule has 2 heterocycles. The highest BCUT2D eigenvalue weighted by atomic mass is 32.1. The van der Waals surface area contributed by atoms with Gasteiger partial charge in [0.05, 0.1) is 0 Å². The highest BCUT2D eigenvalue weighted by Gasteiger charge is 2.26. The maximum atomic E-state index is 2.42. The van der Waals surface area contributed by atoms with E-state index in [2.05, 4.69) is 233 Å². The van der Waals surface area contributed by atoms with Crippen LogP contribution < -0.4 is 9.80 Å². The number of benzene rings is 8. The van der Waals surface area contributed by atoms with E-state index in [9.17, 15) is 0 Å². The van der Waals surface area contributed by atoms with Crippen molar-refractivity contribution in [3.05, 3.63) is 225 Å². The Kier molecular flexibility index (Phi) is 11.3. The van der Waals surface area contributed by atoms with Gasteiger partial charge in [-0.05, 0) is 190 Å². The molecule has 0 radical (unpaired) electrons. The molecule has 2 aromatic heterocycles. The van der Waals surface area contributed by atoms with E-state index in [1.807, 2.05) is 22.7 Å². The first-order valence-electron chi connectivity index (χ1n) is 23.5. The summed E-state index contributed by atoms with van der Waals surface area (Å²) < 4.78 is 2.72. The van der Waals surface area contributed by atoms with Gasteiger partial charge in [-0.3, -0.25) is 0 Å². The molecule has 0 unspecified atom stereocenters. The summed E-state index contributed by atoms with van der Waals surface area (Å²) in [6.07, 6.45) is 3.43. The molecular formula is C63H54N2S2. The molecule has 0 saturated heterocycles. The minimum atomic E-state index is 1.12. The maximum Gasteiger partial charge on any atom is 0.0462 e. The number of allylic oxidation sites excluding steroid dienone is 2. The fourth-order valence-corrected chi connectivity index (χ4v) is 12.4. The van der Waals surface area contributed by atoms with Gasteiger partial charge in [0.25, 0.3) is 0 Å². The summed E-state index contributed by atoms with van der Waals surface area (Å²) >= 11 is 3.89. The van der Waals surface area contributed by atoms with Gasteiger partial charge in [0.15, 0.2) is 0 Å². The molecule has 11 rings (SSSR count). The van der Waals surface area contributed by atoms with Gasteiger partial charge in [-0.2, -0.15) is 0 Å². The fraction of sp³-hybridized carbons (Fsp3) is 0.143. The first-order valence-corrected chi connectivity index (χ1v) is 25.2. The van der Waals surface area contributed by atoms with Crippen molar-refractivity contribution in [3.8, 4) is 22.3 Å². The predicted molar refractivity (Wildman–Crippen MR) is 293 cm³/mol. The third kappa shape index (κ3) is 8.20. The lowest BCUT2D eigenvalue weighted by molar-refractivity contribution is 0.942. The van der Waals surface area contributed by atoms with Crippen molar-refractivity contribution in [1.82, 2.24) is 0 Å². The zero-order valence-corrected chi connectivity index (χ0v) is 40.8. The van der Waals surface area contributed by atoms with Crippen molar-refractivity contribution in [2.45, 2.75) is 60.8 Å². The van der Waals surface area contributed by atoms with Gasteiger partial charge >= 0.3 is 0 Å². The van der Waals surface area contributed by atoms with Gasteiger partial charge in [0.1, 0.15) is 0 Å². The van der Waals surface area contributed by atoms with Gasteiger partial charge in [-0.1, -0.05) is 119 Å². The minimum Gasteiger partial charge on any atom is -0.311 e. The van der Waals surface area contributed by atoms with Crippen molar-refractivity contribution < 1.29 is 0 Å². The number of aryl methyl sites for hydroxylation is 6. The van der Waals surface area contributed by atoms with Crippen LogP contribution in [0.15, 0.2) is 182 Å². The average molecular weight is 903 g/mol. The Hall–Kier alpha value is -6.98. The van der Waals surface area contributed by atoms with E-state index in [0.717, 1.165) is 47.0 Å². The van der Waals surface area contributed by atoms with E-state index in [0.29, 0.717) is 0 Å². The molecule has 0 bridgehead atoms. The van der Waals surface area contributed by atoms with Gasteiger partial charge in [0.2, 0.25) is 0 Å². The molecule has 0 N–H and O–H groups in total. The van der Waals surface area contributed by atoms with Crippen molar-refractivity contribution in [2.75, 3.05) is 9.80 Å². The van der Waals surface area contributed by atoms with Crippen molar-refractivity contribution >= 4 is 88.1 Å². The molecule has 10 aromatic rings. The standard InChI is InChI=1S/C63H54N2S2/c1-40-10-24-50(25-11-40)64(51-26-12-41(2)13-27-51)54-32-18-46(19-33-54)48-22-36-58-60(38-48)66-44(5)62(58)56-8-7-9-57(56)63-45(6)67-61-39-49(23-37-59(61)63)47-20-34-55(35-21-47)65(52-28-14-42(3)15-29-52)53-30-16-43(4)17-31-53/h10-39H,7-9H2,1-6H3. The van der Waals surface area contributed by atoms with E-state index in [1.54, 1.807) is 11.1 Å². The number of nitrogens with zero attached hydrogens (tertiary/aromatic N) is 2. The molecule has 1 aliphatic rings. The van der Waals surface area contributed by atoms with Crippen molar-refractivity contribution in [1.29, 1.82) is 0 Å². The molecular weight excluding hydrogens is 849 g/mol. The normalized spacial score (nSPS) is 12.7. The molecule has 1 aliphatic carbocycles. The average Bonchev–Trinajstić information content (AvgIpc) is 4.04. The Labute approximate surface area is 403 Å². The number of hydrogen-bond acceptors (Lipinski definition) is 4. The van der Waals surface area contributed by atoms with Crippen LogP contribution in [-0.2, 0) is 0 Å². The van der Waals surface area contributed by atoms with Gasteiger partial charge in [-0.15, -0.1) is 22.7 Å². The van der Waals surface area contributed by atoms with Crippen LogP contribution in [0.1, 0.15) is 62.4 Å². The van der Waals surface area contributed by atoms with Gasteiger partial charge in [-0.25, -0.2) is 0 Å². The molecule has 0 aliphatic heterocycles. The largest absolute Gasteiger partial charge is 0.311 e. The summed E-state index contributed by atoms with van der Waals surface area (Å²) in [5.74, 6) is 0. The van der Waals surface area contributed by atoms with Crippen LogP contribution in [0.5, 0.6) is 0 Å². The monoisotopic (exact) mass is 902 g/mol. The summed E-state index contributed by atoms with van der Waals surface area (Å²) in [6, 6.07) is 67.7. The van der Waals surface area contributed by atoms with E-state index in [4.69, 9.17) is 0 Å². The third-order valence-corrected chi connectivity index (χ3v) is 15.8. The Morgan fingerprint density at radius 2 is 0.582 bits per heavy atom. The molecule has 0 atom stereocenters. The Morgan fingerprint density at radius 1 is 0.313 bits per heavy atom. The second-order valence-corrected chi connectivity index (χ2v) is 20.9. The topological polar surface area (TPSA) is 6.48 Å². The summed E-state index contributed by atoms with van der Waals surface area (Å²) in [5.41, 5.74) is 22.9. The van der Waals surface area contributed by atoms with Crippen LogP contribution in [0.4, 0.5) is 34.1 Å². The second kappa shape index (κ2) is 17.7. The number of rotatable bonds is 10. The van der Waals surface area contributed by atoms with E-state index >= 15 is 0 Å². The molecule has 0 saturated carbocycles. The number of anilines is 6. The molecule has 8 aromatic carbocycles. The van der Waals surface area contributed by atoms with Crippen molar-refractivity contribution in [3.63, 3.8) is 0 Å². The first-order chi connectivity index (χ1) is 32.6. The molecule has 0 fully saturated rings. The molecule has 328 valence electrons. The van der Waals surface area contributed by atoms with E-state index < -0.39 is 0 Å². The van der Waals surface area contributed by atoms with Crippen LogP contribution >= 0.6 is 22.7 Å². The molecule has 0 amide bonds. The van der Waals surface area contributed by atoms with Crippen LogP contribution in [0.25, 0.3) is 53.6 Å². The van der Waals surface area contributed by atoms with Gasteiger partial charge in [0, 0.05) is 64.1 Å². The lowest BCUT2D eigenvalue weighted by Crippen LogP contribution is -2.09. The SMILES string of the molecule is Cc1ccc(N(c2ccc(C)cc2)c2ccc(-c3ccc4c(C5=C(c6c(C)sc7cc(-c8ccc(N(c9ccc(C)cc9)c9ccc(C)cc9)cc8)ccc67)CCC5)c(C)sc4c3)cc2)cc1. The summed E-state index contributed by atoms with van der Waals surface area (Å²) in [6.45, 7) is 13.2. The lowest BCUT2D eigenvalue weighted by Gasteiger charge is -2.26. The first kappa shape index (κ1) is 42.6. The molecule has 4 heteroatoms. The van der Waals surface area contributed by atoms with E-state index in [-0.39, 0.29) is 0 Å². The molecule has 67 heavy (non-hydrogen) atoms. The van der Waals surface area contributed by atoms with Crippen molar-refractivity contribution in [2.24, 2.45) is 0 Å². The Morgan fingerprint density at radius 3 is 0.881 bits per heavy atom. The molecule has 0 spiro atoms. The lowest BCUT2D eigenvalue weighted by atomic mass is 9.92.